The molecule has 8 aromatic carbocycles. The molecule has 11 rings (SSSR count). The van der Waals surface area contributed by atoms with Gasteiger partial charge in [0.15, 0.2) is 5.82 Å². The summed E-state index contributed by atoms with van der Waals surface area (Å²) >= 11 is 0. The third-order valence-electron chi connectivity index (χ3n) is 11.3. The standard InChI is InChI=1S/C56H36N4/c1-6-16-38(17-7-1)48-34-33-47-49(57-48)35-32-46-45-31-30-44(36-50(45)58-55(52(46)47)42-22-12-4-13-23-42)37-26-28-39(29-27-37)51-53(40-18-8-2-9-19-40)59-56(43-24-14-5-15-25-43)60-54(51)41-20-10-3-11-21-41/h1-36H. The first-order chi connectivity index (χ1) is 29.7. The Kier molecular flexibility index (Phi) is 8.79. The summed E-state index contributed by atoms with van der Waals surface area (Å²) in [5.41, 5.74) is 15.0. The second kappa shape index (κ2) is 15.0. The van der Waals surface area contributed by atoms with E-state index < -0.39 is 0 Å². The Morgan fingerprint density at radius 3 is 1.30 bits per heavy atom. The molecule has 0 N–H and O–H groups in total. The number of aromatic nitrogens is 4. The fraction of sp³-hybridized carbons (Fsp3) is 0. The Morgan fingerprint density at radius 1 is 0.250 bits per heavy atom. The van der Waals surface area contributed by atoms with E-state index in [9.17, 15) is 0 Å². The van der Waals surface area contributed by atoms with Gasteiger partial charge in [0.1, 0.15) is 0 Å². The molecule has 11 aromatic rings. The van der Waals surface area contributed by atoms with Gasteiger partial charge in [0.05, 0.1) is 33.8 Å². The predicted octanol–water partition coefficient (Wildman–Crippen LogP) is 14.4. The first kappa shape index (κ1) is 35.1. The first-order valence-corrected chi connectivity index (χ1v) is 20.2. The minimum Gasteiger partial charge on any atom is -0.248 e. The van der Waals surface area contributed by atoms with Crippen LogP contribution in [0.3, 0.4) is 0 Å². The van der Waals surface area contributed by atoms with Gasteiger partial charge in [-0.15, -0.1) is 0 Å². The molecule has 0 atom stereocenters. The van der Waals surface area contributed by atoms with Crippen molar-refractivity contribution in [2.75, 3.05) is 0 Å². The summed E-state index contributed by atoms with van der Waals surface area (Å²) < 4.78 is 0. The average Bonchev–Trinajstić information content (AvgIpc) is 3.34. The Balaban J connectivity index is 1.05. The largest absolute Gasteiger partial charge is 0.248 e. The van der Waals surface area contributed by atoms with Gasteiger partial charge >= 0.3 is 0 Å². The van der Waals surface area contributed by atoms with E-state index >= 15 is 0 Å². The smallest absolute Gasteiger partial charge is 0.160 e. The molecule has 4 nitrogen and oxygen atoms in total. The van der Waals surface area contributed by atoms with Crippen LogP contribution in [0.2, 0.25) is 0 Å². The Morgan fingerprint density at radius 2 is 0.717 bits per heavy atom. The molecule has 3 heterocycles. The van der Waals surface area contributed by atoms with E-state index in [1.807, 2.05) is 36.4 Å². The van der Waals surface area contributed by atoms with Crippen LogP contribution in [0.25, 0.3) is 111 Å². The SMILES string of the molecule is c1ccc(-c2ccc3c(ccc4c5ccc(-c6ccc(-c7c(-c8ccccc8)nc(-c8ccccc8)nc7-c7ccccc7)cc6)cc5nc(-c5ccccc5)c34)n2)cc1. The number of rotatable bonds is 7. The van der Waals surface area contributed by atoms with Crippen LogP contribution >= 0.6 is 0 Å². The molecule has 0 aliphatic carbocycles. The number of pyridine rings is 2. The van der Waals surface area contributed by atoms with Gasteiger partial charge in [-0.1, -0.05) is 194 Å². The minimum absolute atomic E-state index is 0.695. The lowest BCUT2D eigenvalue weighted by molar-refractivity contribution is 1.18. The van der Waals surface area contributed by atoms with Gasteiger partial charge in [-0.05, 0) is 46.3 Å². The van der Waals surface area contributed by atoms with Crippen molar-refractivity contribution >= 4 is 32.6 Å². The van der Waals surface area contributed by atoms with E-state index in [1.165, 1.54) is 0 Å². The second-order valence-electron chi connectivity index (χ2n) is 15.0. The predicted molar refractivity (Wildman–Crippen MR) is 248 cm³/mol. The highest BCUT2D eigenvalue weighted by molar-refractivity contribution is 6.21. The molecule has 0 fully saturated rings. The highest BCUT2D eigenvalue weighted by Gasteiger charge is 2.21. The number of hydrogen-bond acceptors (Lipinski definition) is 4. The molecule has 0 spiro atoms. The van der Waals surface area contributed by atoms with Crippen molar-refractivity contribution in [3.63, 3.8) is 0 Å². The van der Waals surface area contributed by atoms with E-state index in [0.29, 0.717) is 5.82 Å². The molecule has 0 radical (unpaired) electrons. The van der Waals surface area contributed by atoms with Crippen molar-refractivity contribution in [3.05, 3.63) is 218 Å². The van der Waals surface area contributed by atoms with Crippen molar-refractivity contribution in [1.82, 2.24) is 19.9 Å². The van der Waals surface area contributed by atoms with Crippen molar-refractivity contribution in [3.8, 4) is 78.7 Å². The molecule has 0 amide bonds. The Hall–Kier alpha value is -8.08. The lowest BCUT2D eigenvalue weighted by Crippen LogP contribution is -2.00. The third kappa shape index (κ3) is 6.37. The summed E-state index contributed by atoms with van der Waals surface area (Å²) in [7, 11) is 0. The molecule has 280 valence electrons. The molecule has 0 aliphatic rings. The first-order valence-electron chi connectivity index (χ1n) is 20.2. The average molecular weight is 765 g/mol. The van der Waals surface area contributed by atoms with Gasteiger partial charge in [-0.3, -0.25) is 0 Å². The topological polar surface area (TPSA) is 51.6 Å². The molecule has 60 heavy (non-hydrogen) atoms. The quantitative estimate of drug-likeness (QED) is 0.152. The fourth-order valence-corrected chi connectivity index (χ4v) is 8.36. The molecule has 4 heteroatoms. The molecule has 0 unspecified atom stereocenters. The van der Waals surface area contributed by atoms with Crippen molar-refractivity contribution < 1.29 is 0 Å². The summed E-state index contributed by atoms with van der Waals surface area (Å²) in [5, 5.41) is 4.46. The van der Waals surface area contributed by atoms with Crippen molar-refractivity contribution in [2.45, 2.75) is 0 Å². The van der Waals surface area contributed by atoms with Crippen LogP contribution in [0.15, 0.2) is 218 Å². The Labute approximate surface area is 348 Å². The van der Waals surface area contributed by atoms with Gasteiger partial charge in [0.2, 0.25) is 0 Å². The van der Waals surface area contributed by atoms with Gasteiger partial charge < -0.3 is 0 Å². The van der Waals surface area contributed by atoms with Crippen LogP contribution < -0.4 is 0 Å². The second-order valence-corrected chi connectivity index (χ2v) is 15.0. The summed E-state index contributed by atoms with van der Waals surface area (Å²) in [6.45, 7) is 0. The van der Waals surface area contributed by atoms with E-state index in [-0.39, 0.29) is 0 Å². The molecule has 0 saturated heterocycles. The summed E-state index contributed by atoms with van der Waals surface area (Å²) in [5.74, 6) is 0.695. The molecule has 0 bridgehead atoms. The monoisotopic (exact) mass is 764 g/mol. The summed E-state index contributed by atoms with van der Waals surface area (Å²) in [6, 6.07) is 76.1. The van der Waals surface area contributed by atoms with E-state index in [1.54, 1.807) is 0 Å². The normalized spacial score (nSPS) is 11.3. The Bertz CT molecular complexity index is 3260. The zero-order chi connectivity index (χ0) is 39.8. The van der Waals surface area contributed by atoms with Crippen molar-refractivity contribution in [2.24, 2.45) is 0 Å². The maximum Gasteiger partial charge on any atom is 0.160 e. The van der Waals surface area contributed by atoms with E-state index in [2.05, 4.69) is 182 Å². The van der Waals surface area contributed by atoms with Crippen LogP contribution in [-0.2, 0) is 0 Å². The van der Waals surface area contributed by atoms with Crippen LogP contribution in [0.1, 0.15) is 0 Å². The van der Waals surface area contributed by atoms with E-state index in [4.69, 9.17) is 19.9 Å². The highest BCUT2D eigenvalue weighted by atomic mass is 14.9. The molecule has 0 aliphatic heterocycles. The number of hydrogen-bond donors (Lipinski definition) is 0. The van der Waals surface area contributed by atoms with Gasteiger partial charge in [-0.25, -0.2) is 19.9 Å². The maximum atomic E-state index is 5.43. The molecular weight excluding hydrogens is 729 g/mol. The molecular formula is C56H36N4. The number of nitrogens with zero attached hydrogens (tertiary/aromatic N) is 4. The van der Waals surface area contributed by atoms with Crippen molar-refractivity contribution in [1.29, 1.82) is 0 Å². The molecule has 3 aromatic heterocycles. The lowest BCUT2D eigenvalue weighted by atomic mass is 9.92. The molecule has 0 saturated carbocycles. The maximum absolute atomic E-state index is 5.43. The van der Waals surface area contributed by atoms with Crippen LogP contribution in [0.4, 0.5) is 0 Å². The summed E-state index contributed by atoms with van der Waals surface area (Å²) in [4.78, 5) is 21.1. The van der Waals surface area contributed by atoms with Gasteiger partial charge in [0, 0.05) is 49.5 Å². The summed E-state index contributed by atoms with van der Waals surface area (Å²) in [6.07, 6.45) is 0. The minimum atomic E-state index is 0.695. The lowest BCUT2D eigenvalue weighted by Gasteiger charge is -2.17. The highest BCUT2D eigenvalue weighted by Crippen LogP contribution is 2.42. The zero-order valence-electron chi connectivity index (χ0n) is 32.6. The van der Waals surface area contributed by atoms with Crippen LogP contribution in [0.5, 0.6) is 0 Å². The zero-order valence-corrected chi connectivity index (χ0v) is 32.6. The van der Waals surface area contributed by atoms with E-state index in [0.717, 1.165) is 105 Å². The third-order valence-corrected chi connectivity index (χ3v) is 11.3. The number of fused-ring (bicyclic) bond motifs is 5. The van der Waals surface area contributed by atoms with Crippen LogP contribution in [0, 0.1) is 0 Å². The van der Waals surface area contributed by atoms with Crippen LogP contribution in [-0.4, -0.2) is 19.9 Å². The van der Waals surface area contributed by atoms with Gasteiger partial charge in [-0.2, -0.15) is 0 Å². The number of benzene rings is 8. The van der Waals surface area contributed by atoms with Gasteiger partial charge in [0.25, 0.3) is 0 Å². The fourth-order valence-electron chi connectivity index (χ4n) is 8.36.